The standard InChI is InChI=1S/C21H15N3O7/c1-12(22-9-8-14-15(20(22)25)4-2-6-18(14)23(27)28)10-13-11-17-16(21(26)31-13)5-3-7-19(17)24(29)30/h2-9,11-12H,10H2,1H3/t12-/m1/s1. The number of nitro groups is 2. The lowest BCUT2D eigenvalue weighted by molar-refractivity contribution is -0.383. The van der Waals surface area contributed by atoms with Gasteiger partial charge in [0.2, 0.25) is 0 Å². The summed E-state index contributed by atoms with van der Waals surface area (Å²) >= 11 is 0. The third kappa shape index (κ3) is 3.44. The molecule has 0 fully saturated rings. The summed E-state index contributed by atoms with van der Waals surface area (Å²) in [5, 5.41) is 23.2. The zero-order chi connectivity index (χ0) is 22.3. The van der Waals surface area contributed by atoms with E-state index < -0.39 is 27.1 Å². The van der Waals surface area contributed by atoms with Gasteiger partial charge in [-0.1, -0.05) is 12.1 Å². The first-order valence-electron chi connectivity index (χ1n) is 9.26. The van der Waals surface area contributed by atoms with Gasteiger partial charge in [0.15, 0.2) is 0 Å². The average molecular weight is 421 g/mol. The Balaban J connectivity index is 1.77. The topological polar surface area (TPSA) is 138 Å². The third-order valence-corrected chi connectivity index (χ3v) is 5.15. The fourth-order valence-corrected chi connectivity index (χ4v) is 3.68. The highest BCUT2D eigenvalue weighted by molar-refractivity contribution is 5.90. The van der Waals surface area contributed by atoms with Gasteiger partial charge in [0.05, 0.1) is 31.4 Å². The predicted molar refractivity (Wildman–Crippen MR) is 112 cm³/mol. The number of nitro benzene ring substituents is 2. The molecule has 1 atom stereocenters. The number of aromatic nitrogens is 1. The highest BCUT2D eigenvalue weighted by atomic mass is 16.6. The minimum absolute atomic E-state index is 0.0979. The molecular weight excluding hydrogens is 406 g/mol. The van der Waals surface area contributed by atoms with E-state index in [0.29, 0.717) is 0 Å². The number of hydrogen-bond donors (Lipinski definition) is 0. The molecule has 0 unspecified atom stereocenters. The Kier molecular flexibility index (Phi) is 4.82. The van der Waals surface area contributed by atoms with E-state index in [1.165, 1.54) is 59.3 Å². The molecule has 2 aromatic carbocycles. The Hall–Kier alpha value is -4.34. The van der Waals surface area contributed by atoms with Crippen LogP contribution in [0.1, 0.15) is 18.7 Å². The molecule has 0 saturated carbocycles. The van der Waals surface area contributed by atoms with Gasteiger partial charge in [0.25, 0.3) is 16.9 Å². The number of hydrogen-bond acceptors (Lipinski definition) is 7. The average Bonchev–Trinajstić information content (AvgIpc) is 2.73. The number of non-ortho nitro benzene ring substituents is 2. The summed E-state index contributed by atoms with van der Waals surface area (Å²) in [5.74, 6) is 0.185. The van der Waals surface area contributed by atoms with Gasteiger partial charge < -0.3 is 8.98 Å². The minimum atomic E-state index is -0.704. The van der Waals surface area contributed by atoms with Gasteiger partial charge in [-0.2, -0.15) is 0 Å². The first-order chi connectivity index (χ1) is 14.8. The second-order valence-electron chi connectivity index (χ2n) is 7.07. The monoisotopic (exact) mass is 421 g/mol. The highest BCUT2D eigenvalue weighted by Gasteiger charge is 2.19. The van der Waals surface area contributed by atoms with E-state index in [0.717, 1.165) is 0 Å². The van der Waals surface area contributed by atoms with Gasteiger partial charge in [-0.3, -0.25) is 25.0 Å². The fourth-order valence-electron chi connectivity index (χ4n) is 3.68. The number of nitrogens with zero attached hydrogens (tertiary/aromatic N) is 3. The van der Waals surface area contributed by atoms with E-state index in [9.17, 15) is 29.8 Å². The molecule has 2 heterocycles. The summed E-state index contributed by atoms with van der Waals surface area (Å²) in [4.78, 5) is 46.6. The second-order valence-corrected chi connectivity index (χ2v) is 7.07. The Morgan fingerprint density at radius 3 is 2.16 bits per heavy atom. The quantitative estimate of drug-likeness (QED) is 0.353. The van der Waals surface area contributed by atoms with Gasteiger partial charge in [-0.15, -0.1) is 0 Å². The smallest absolute Gasteiger partial charge is 0.344 e. The van der Waals surface area contributed by atoms with Gasteiger partial charge in [-0.05, 0) is 31.2 Å². The van der Waals surface area contributed by atoms with Crippen LogP contribution in [0.15, 0.2) is 68.7 Å². The fraction of sp³-hybridized carbons (Fsp3) is 0.143. The normalized spacial score (nSPS) is 12.2. The van der Waals surface area contributed by atoms with Crippen LogP contribution in [0.4, 0.5) is 11.4 Å². The van der Waals surface area contributed by atoms with E-state index in [4.69, 9.17) is 4.42 Å². The zero-order valence-electron chi connectivity index (χ0n) is 16.2. The molecule has 0 saturated heterocycles. The molecule has 0 bridgehead atoms. The summed E-state index contributed by atoms with van der Waals surface area (Å²) in [5.41, 5.74) is -1.51. The third-order valence-electron chi connectivity index (χ3n) is 5.15. The zero-order valence-corrected chi connectivity index (χ0v) is 16.2. The van der Waals surface area contributed by atoms with E-state index in [2.05, 4.69) is 0 Å². The van der Waals surface area contributed by atoms with Gasteiger partial charge in [-0.25, -0.2) is 4.79 Å². The molecule has 156 valence electrons. The Bertz CT molecular complexity index is 1490. The summed E-state index contributed by atoms with van der Waals surface area (Å²) in [7, 11) is 0. The Labute approximate surface area is 173 Å². The van der Waals surface area contributed by atoms with Crippen LogP contribution in [0.3, 0.4) is 0 Å². The summed E-state index contributed by atoms with van der Waals surface area (Å²) < 4.78 is 6.70. The first-order valence-corrected chi connectivity index (χ1v) is 9.26. The molecule has 0 N–H and O–H groups in total. The van der Waals surface area contributed by atoms with Gasteiger partial charge >= 0.3 is 5.63 Å². The van der Waals surface area contributed by atoms with Gasteiger partial charge in [0, 0.05) is 30.8 Å². The molecule has 0 aliphatic carbocycles. The van der Waals surface area contributed by atoms with Crippen molar-refractivity contribution in [3.8, 4) is 0 Å². The summed E-state index contributed by atoms with van der Waals surface area (Å²) in [6, 6.07) is 10.9. The summed E-state index contributed by atoms with van der Waals surface area (Å²) in [6.07, 6.45) is 1.56. The van der Waals surface area contributed by atoms with Crippen LogP contribution >= 0.6 is 0 Å². The van der Waals surface area contributed by atoms with Crippen molar-refractivity contribution in [2.45, 2.75) is 19.4 Å². The maximum atomic E-state index is 12.9. The van der Waals surface area contributed by atoms with Crippen LogP contribution in [0.5, 0.6) is 0 Å². The maximum Gasteiger partial charge on any atom is 0.344 e. The Morgan fingerprint density at radius 1 is 0.903 bits per heavy atom. The lowest BCUT2D eigenvalue weighted by Crippen LogP contribution is -2.24. The van der Waals surface area contributed by atoms with Crippen molar-refractivity contribution in [2.75, 3.05) is 0 Å². The molecule has 0 spiro atoms. The predicted octanol–water partition coefficient (Wildman–Crippen LogP) is 3.73. The van der Waals surface area contributed by atoms with Crippen LogP contribution in [-0.4, -0.2) is 14.4 Å². The van der Waals surface area contributed by atoms with Crippen LogP contribution in [0.25, 0.3) is 21.5 Å². The molecule has 0 radical (unpaired) electrons. The van der Waals surface area contributed by atoms with E-state index in [1.54, 1.807) is 6.92 Å². The van der Waals surface area contributed by atoms with Crippen molar-refractivity contribution >= 4 is 32.9 Å². The summed E-state index contributed by atoms with van der Waals surface area (Å²) in [6.45, 7) is 1.72. The van der Waals surface area contributed by atoms with Crippen molar-refractivity contribution in [3.63, 3.8) is 0 Å². The van der Waals surface area contributed by atoms with Crippen molar-refractivity contribution in [2.24, 2.45) is 0 Å². The molecule has 4 aromatic rings. The maximum absolute atomic E-state index is 12.9. The Morgan fingerprint density at radius 2 is 1.52 bits per heavy atom. The van der Waals surface area contributed by atoms with Crippen molar-refractivity contribution in [3.05, 3.63) is 101 Å². The molecule has 31 heavy (non-hydrogen) atoms. The van der Waals surface area contributed by atoms with E-state index >= 15 is 0 Å². The SMILES string of the molecule is C[C@H](Cc1cc2c([N+](=O)[O-])cccc2c(=O)o1)n1ccc2c([N+](=O)[O-])cccc2c1=O. The van der Waals surface area contributed by atoms with Crippen LogP contribution < -0.4 is 11.2 Å². The molecule has 0 amide bonds. The van der Waals surface area contributed by atoms with Crippen LogP contribution in [0, 0.1) is 20.2 Å². The lowest BCUT2D eigenvalue weighted by Gasteiger charge is -2.15. The molecule has 0 aliphatic heterocycles. The van der Waals surface area contributed by atoms with Crippen LogP contribution in [0.2, 0.25) is 0 Å². The highest BCUT2D eigenvalue weighted by Crippen LogP contribution is 2.26. The van der Waals surface area contributed by atoms with Crippen molar-refractivity contribution in [1.29, 1.82) is 0 Å². The first kappa shape index (κ1) is 20.0. The number of fused-ring (bicyclic) bond motifs is 2. The lowest BCUT2D eigenvalue weighted by atomic mass is 10.1. The van der Waals surface area contributed by atoms with Crippen molar-refractivity contribution in [1.82, 2.24) is 4.57 Å². The number of rotatable bonds is 5. The molecule has 4 rings (SSSR count). The molecule has 0 aliphatic rings. The van der Waals surface area contributed by atoms with E-state index in [-0.39, 0.29) is 45.1 Å². The largest absolute Gasteiger partial charge is 0.427 e. The van der Waals surface area contributed by atoms with Crippen molar-refractivity contribution < 1.29 is 14.3 Å². The molecular formula is C21H15N3O7. The van der Waals surface area contributed by atoms with Gasteiger partial charge in [0.1, 0.15) is 5.76 Å². The van der Waals surface area contributed by atoms with Crippen LogP contribution in [-0.2, 0) is 6.42 Å². The number of benzene rings is 2. The number of pyridine rings is 1. The van der Waals surface area contributed by atoms with E-state index in [1.807, 2.05) is 0 Å². The minimum Gasteiger partial charge on any atom is -0.427 e. The molecule has 10 heteroatoms. The molecule has 10 nitrogen and oxygen atoms in total. The molecule has 2 aromatic heterocycles. The second kappa shape index (κ2) is 7.48.